The average molecular weight is 245 g/mol. The third kappa shape index (κ3) is 5.44. The summed E-state index contributed by atoms with van der Waals surface area (Å²) in [6.07, 6.45) is 0.960. The van der Waals surface area contributed by atoms with Crippen molar-refractivity contribution in [3.8, 4) is 0 Å². The normalized spacial score (nSPS) is 14.1. The molecule has 1 N–H and O–H groups in total. The fraction of sp³-hybridized carbons (Fsp3) is 0.636. The molecule has 1 rings (SSSR count). The van der Waals surface area contributed by atoms with E-state index in [-0.39, 0.29) is 5.54 Å². The molecule has 0 aromatic carbocycles. The van der Waals surface area contributed by atoms with Gasteiger partial charge in [0.25, 0.3) is 0 Å². The zero-order valence-electron chi connectivity index (χ0n) is 9.58. The second-order valence-corrected chi connectivity index (χ2v) is 7.26. The summed E-state index contributed by atoms with van der Waals surface area (Å²) in [6, 6.07) is 3.89. The summed E-state index contributed by atoms with van der Waals surface area (Å²) in [5, 5.41) is 5.36. The van der Waals surface area contributed by atoms with Crippen LogP contribution in [0.1, 0.15) is 27.2 Å². The van der Waals surface area contributed by atoms with Gasteiger partial charge in [0, 0.05) is 11.3 Å². The van der Waals surface area contributed by atoms with Gasteiger partial charge in [0.15, 0.2) is 0 Å². The number of hydrogen-bond donors (Lipinski definition) is 1. The molecule has 1 aromatic rings. The molecule has 4 heteroatoms. The van der Waals surface area contributed by atoms with Gasteiger partial charge in [-0.25, -0.2) is 0 Å². The molecule has 15 heavy (non-hydrogen) atoms. The van der Waals surface area contributed by atoms with Crippen molar-refractivity contribution in [1.82, 2.24) is 5.32 Å². The van der Waals surface area contributed by atoms with Crippen molar-refractivity contribution >= 4 is 22.1 Å². The van der Waals surface area contributed by atoms with Crippen molar-refractivity contribution in [3.63, 3.8) is 0 Å². The minimum atomic E-state index is -0.802. The third-order valence-corrected chi connectivity index (χ3v) is 4.63. The van der Waals surface area contributed by atoms with Gasteiger partial charge >= 0.3 is 0 Å². The molecule has 1 unspecified atom stereocenters. The summed E-state index contributed by atoms with van der Waals surface area (Å²) in [5.41, 5.74) is 0.157. The number of thiophene rings is 1. The van der Waals surface area contributed by atoms with Crippen molar-refractivity contribution < 1.29 is 4.21 Å². The van der Waals surface area contributed by atoms with Crippen LogP contribution >= 0.6 is 11.3 Å². The smallest absolute Gasteiger partial charge is 0.0910 e. The van der Waals surface area contributed by atoms with E-state index in [2.05, 4.69) is 26.1 Å². The zero-order valence-corrected chi connectivity index (χ0v) is 11.2. The number of rotatable bonds is 5. The van der Waals surface area contributed by atoms with Gasteiger partial charge in [-0.05, 0) is 45.2 Å². The minimum absolute atomic E-state index is 0.157. The Bertz CT molecular complexity index is 301. The highest BCUT2D eigenvalue weighted by molar-refractivity contribution is 7.87. The summed E-state index contributed by atoms with van der Waals surface area (Å²) in [7, 11) is -0.802. The van der Waals surface area contributed by atoms with Crippen LogP contribution in [0, 0.1) is 0 Å². The zero-order chi connectivity index (χ0) is 11.3. The van der Waals surface area contributed by atoms with Gasteiger partial charge in [0.05, 0.1) is 15.0 Å². The van der Waals surface area contributed by atoms with Crippen LogP contribution in [0.15, 0.2) is 21.7 Å². The molecule has 0 saturated carbocycles. The molecule has 1 aromatic heterocycles. The molecule has 0 spiro atoms. The van der Waals surface area contributed by atoms with E-state index >= 15 is 0 Å². The first-order valence-electron chi connectivity index (χ1n) is 5.16. The molecule has 1 heterocycles. The van der Waals surface area contributed by atoms with Gasteiger partial charge in [-0.3, -0.25) is 4.21 Å². The lowest BCUT2D eigenvalue weighted by Crippen LogP contribution is -2.36. The molecular weight excluding hydrogens is 226 g/mol. The van der Waals surface area contributed by atoms with Crippen molar-refractivity contribution in [2.45, 2.75) is 36.9 Å². The first-order chi connectivity index (χ1) is 6.99. The monoisotopic (exact) mass is 245 g/mol. The maximum absolute atomic E-state index is 11.7. The molecule has 1 atom stereocenters. The van der Waals surface area contributed by atoms with E-state index in [1.54, 1.807) is 11.3 Å². The van der Waals surface area contributed by atoms with E-state index in [9.17, 15) is 4.21 Å². The lowest BCUT2D eigenvalue weighted by molar-refractivity contribution is 0.427. The van der Waals surface area contributed by atoms with E-state index in [0.29, 0.717) is 0 Å². The van der Waals surface area contributed by atoms with Crippen molar-refractivity contribution in [1.29, 1.82) is 0 Å². The Hall–Kier alpha value is -0.190. The molecular formula is C11H19NOS2. The maximum Gasteiger partial charge on any atom is 0.0910 e. The molecule has 0 amide bonds. The first-order valence-corrected chi connectivity index (χ1v) is 7.36. The fourth-order valence-corrected chi connectivity index (χ4v) is 3.29. The van der Waals surface area contributed by atoms with Gasteiger partial charge in [-0.1, -0.05) is 6.07 Å². The molecule has 2 nitrogen and oxygen atoms in total. The molecule has 0 aliphatic rings. The van der Waals surface area contributed by atoms with Crippen molar-refractivity contribution in [2.24, 2.45) is 0 Å². The van der Waals surface area contributed by atoms with Gasteiger partial charge in [-0.2, -0.15) is 0 Å². The van der Waals surface area contributed by atoms with Gasteiger partial charge in [-0.15, -0.1) is 11.3 Å². The van der Waals surface area contributed by atoms with Crippen LogP contribution in [0.3, 0.4) is 0 Å². The highest BCUT2D eigenvalue weighted by Crippen LogP contribution is 2.14. The van der Waals surface area contributed by atoms with E-state index in [1.807, 2.05) is 17.5 Å². The molecule has 0 fully saturated rings. The van der Waals surface area contributed by atoms with Crippen LogP contribution in [0.2, 0.25) is 0 Å². The Morgan fingerprint density at radius 3 is 2.73 bits per heavy atom. The summed E-state index contributed by atoms with van der Waals surface area (Å²) in [4.78, 5) is 0. The second-order valence-electron chi connectivity index (χ2n) is 4.51. The summed E-state index contributed by atoms with van der Waals surface area (Å²) < 4.78 is 12.7. The summed E-state index contributed by atoms with van der Waals surface area (Å²) in [6.45, 7) is 7.36. The summed E-state index contributed by atoms with van der Waals surface area (Å²) >= 11 is 1.57. The van der Waals surface area contributed by atoms with E-state index < -0.39 is 10.8 Å². The van der Waals surface area contributed by atoms with Gasteiger partial charge in [0.1, 0.15) is 0 Å². The van der Waals surface area contributed by atoms with Crippen LogP contribution in [0.4, 0.5) is 0 Å². The molecule has 0 saturated heterocycles. The third-order valence-electron chi connectivity index (χ3n) is 1.88. The van der Waals surface area contributed by atoms with E-state index in [0.717, 1.165) is 22.9 Å². The summed E-state index contributed by atoms with van der Waals surface area (Å²) in [5.74, 6) is 0.754. The van der Waals surface area contributed by atoms with Crippen LogP contribution in [-0.4, -0.2) is 22.0 Å². The van der Waals surface area contributed by atoms with Crippen molar-refractivity contribution in [2.75, 3.05) is 12.3 Å². The van der Waals surface area contributed by atoms with Crippen molar-refractivity contribution in [3.05, 3.63) is 17.5 Å². The highest BCUT2D eigenvalue weighted by Gasteiger charge is 2.09. The Balaban J connectivity index is 2.19. The Morgan fingerprint density at radius 1 is 1.47 bits per heavy atom. The maximum atomic E-state index is 11.7. The topological polar surface area (TPSA) is 29.1 Å². The largest absolute Gasteiger partial charge is 0.312 e. The molecule has 0 aliphatic carbocycles. The number of hydrogen-bond acceptors (Lipinski definition) is 3. The fourth-order valence-electron chi connectivity index (χ4n) is 1.16. The predicted octanol–water partition coefficient (Wildman–Crippen LogP) is 2.63. The molecule has 86 valence electrons. The number of nitrogens with one attached hydrogen (secondary N) is 1. The van der Waals surface area contributed by atoms with Crippen LogP contribution in [0.5, 0.6) is 0 Å². The quantitative estimate of drug-likeness (QED) is 0.808. The Labute approximate surface area is 98.6 Å². The SMILES string of the molecule is CC(C)(C)NCCCS(=O)c1cccs1. The molecule has 0 bridgehead atoms. The predicted molar refractivity (Wildman–Crippen MR) is 68.0 cm³/mol. The van der Waals surface area contributed by atoms with Crippen LogP contribution in [0.25, 0.3) is 0 Å². The minimum Gasteiger partial charge on any atom is -0.312 e. The standard InChI is InChI=1S/C11H19NOS2/c1-11(2,3)12-7-5-9-15(13)10-6-4-8-14-10/h4,6,8,12H,5,7,9H2,1-3H3. The molecule has 0 radical (unpaired) electrons. The second kappa shape index (κ2) is 5.77. The Kier molecular flexibility index (Phi) is 4.96. The highest BCUT2D eigenvalue weighted by atomic mass is 32.2. The van der Waals surface area contributed by atoms with E-state index in [1.165, 1.54) is 0 Å². The average Bonchev–Trinajstić information content (AvgIpc) is 2.63. The van der Waals surface area contributed by atoms with Gasteiger partial charge in [0.2, 0.25) is 0 Å². The van der Waals surface area contributed by atoms with Crippen LogP contribution < -0.4 is 5.32 Å². The van der Waals surface area contributed by atoms with E-state index in [4.69, 9.17) is 0 Å². The first kappa shape index (κ1) is 12.9. The Morgan fingerprint density at radius 2 is 2.20 bits per heavy atom. The van der Waals surface area contributed by atoms with Gasteiger partial charge < -0.3 is 5.32 Å². The lowest BCUT2D eigenvalue weighted by atomic mass is 10.1. The molecule has 0 aliphatic heterocycles. The lowest BCUT2D eigenvalue weighted by Gasteiger charge is -2.20. The van der Waals surface area contributed by atoms with Crippen LogP contribution in [-0.2, 0) is 10.8 Å².